The van der Waals surface area contributed by atoms with Crippen molar-refractivity contribution in [3.05, 3.63) is 41.9 Å². The Bertz CT molecular complexity index is 523. The van der Waals surface area contributed by atoms with E-state index in [4.69, 9.17) is 4.74 Å². The Kier molecular flexibility index (Phi) is 3.77. The fourth-order valence-electron chi connectivity index (χ4n) is 1.64. The van der Waals surface area contributed by atoms with Gasteiger partial charge in [-0.2, -0.15) is 4.98 Å². The van der Waals surface area contributed by atoms with Crippen LogP contribution in [0.25, 0.3) is 0 Å². The first-order chi connectivity index (χ1) is 8.71. The van der Waals surface area contributed by atoms with Gasteiger partial charge in [-0.15, -0.1) is 0 Å². The van der Waals surface area contributed by atoms with Gasteiger partial charge in [0.25, 0.3) is 0 Å². The van der Waals surface area contributed by atoms with E-state index in [2.05, 4.69) is 22.2 Å². The Labute approximate surface area is 107 Å². The van der Waals surface area contributed by atoms with E-state index in [-0.39, 0.29) is 0 Å². The van der Waals surface area contributed by atoms with Gasteiger partial charge in [-0.1, -0.05) is 6.92 Å². The van der Waals surface area contributed by atoms with Gasteiger partial charge in [0.15, 0.2) is 0 Å². The summed E-state index contributed by atoms with van der Waals surface area (Å²) in [6.07, 6.45) is 0.873. The van der Waals surface area contributed by atoms with E-state index in [0.717, 1.165) is 29.4 Å². The molecule has 0 saturated carbocycles. The molecule has 0 spiro atoms. The number of hydrogen-bond donors (Lipinski definition) is 1. The first-order valence-electron chi connectivity index (χ1n) is 6.01. The average Bonchev–Trinajstić information content (AvgIpc) is 2.39. The fraction of sp³-hybridized carbons (Fsp3) is 0.286. The summed E-state index contributed by atoms with van der Waals surface area (Å²) in [6.45, 7) is 3.93. The predicted octanol–water partition coefficient (Wildman–Crippen LogP) is 3.18. The predicted molar refractivity (Wildman–Crippen MR) is 72.2 cm³/mol. The summed E-state index contributed by atoms with van der Waals surface area (Å²) in [4.78, 5) is 8.59. The Hall–Kier alpha value is -2.10. The molecule has 0 fully saturated rings. The minimum absolute atomic E-state index is 0.594. The number of aromatic nitrogens is 2. The zero-order valence-corrected chi connectivity index (χ0v) is 10.9. The second-order valence-electron chi connectivity index (χ2n) is 3.97. The van der Waals surface area contributed by atoms with Crippen LogP contribution in [0.4, 0.5) is 5.69 Å². The number of rotatable bonds is 4. The standard InChI is InChI=1S/C14H17N3O/c1-4-11-9-14(17-10(2)16-11)18-13-7-5-12(15-3)6-8-13/h5-9,15H,4H2,1-3H3. The Morgan fingerprint density at radius 2 is 1.89 bits per heavy atom. The Morgan fingerprint density at radius 3 is 2.50 bits per heavy atom. The largest absolute Gasteiger partial charge is 0.439 e. The van der Waals surface area contributed by atoms with Crippen LogP contribution in [-0.2, 0) is 6.42 Å². The highest BCUT2D eigenvalue weighted by Crippen LogP contribution is 2.22. The molecule has 0 aliphatic carbocycles. The van der Waals surface area contributed by atoms with Crippen molar-refractivity contribution in [3.8, 4) is 11.6 Å². The van der Waals surface area contributed by atoms with Crippen LogP contribution < -0.4 is 10.1 Å². The summed E-state index contributed by atoms with van der Waals surface area (Å²) < 4.78 is 5.72. The molecule has 0 saturated heterocycles. The third kappa shape index (κ3) is 2.97. The zero-order valence-electron chi connectivity index (χ0n) is 10.9. The number of benzene rings is 1. The van der Waals surface area contributed by atoms with Crippen molar-refractivity contribution in [2.24, 2.45) is 0 Å². The summed E-state index contributed by atoms with van der Waals surface area (Å²) in [5, 5.41) is 3.06. The molecule has 4 heteroatoms. The van der Waals surface area contributed by atoms with Crippen LogP contribution in [0.2, 0.25) is 0 Å². The van der Waals surface area contributed by atoms with Crippen molar-refractivity contribution < 1.29 is 4.74 Å². The summed E-state index contributed by atoms with van der Waals surface area (Å²) in [5.41, 5.74) is 2.04. The van der Waals surface area contributed by atoms with Crippen molar-refractivity contribution in [2.75, 3.05) is 12.4 Å². The first-order valence-corrected chi connectivity index (χ1v) is 6.01. The number of aryl methyl sites for hydroxylation is 2. The van der Waals surface area contributed by atoms with E-state index in [1.807, 2.05) is 44.3 Å². The van der Waals surface area contributed by atoms with Gasteiger partial charge in [0.05, 0.1) is 0 Å². The van der Waals surface area contributed by atoms with Crippen molar-refractivity contribution >= 4 is 5.69 Å². The molecule has 1 N–H and O–H groups in total. The molecule has 0 atom stereocenters. The van der Waals surface area contributed by atoms with E-state index in [0.29, 0.717) is 5.88 Å². The molecule has 2 aromatic rings. The fourth-order valence-corrected chi connectivity index (χ4v) is 1.64. The molecule has 94 valence electrons. The van der Waals surface area contributed by atoms with Crippen molar-refractivity contribution in [3.63, 3.8) is 0 Å². The lowest BCUT2D eigenvalue weighted by molar-refractivity contribution is 0.458. The van der Waals surface area contributed by atoms with E-state index < -0.39 is 0 Å². The molecule has 1 heterocycles. The van der Waals surface area contributed by atoms with Gasteiger partial charge in [0.2, 0.25) is 5.88 Å². The lowest BCUT2D eigenvalue weighted by atomic mass is 10.3. The summed E-state index contributed by atoms with van der Waals surface area (Å²) in [5.74, 6) is 2.10. The van der Waals surface area contributed by atoms with Crippen molar-refractivity contribution in [1.29, 1.82) is 0 Å². The molecule has 0 radical (unpaired) electrons. The quantitative estimate of drug-likeness (QED) is 0.895. The molecule has 0 amide bonds. The molecule has 0 bridgehead atoms. The molecular formula is C14H17N3O. The number of nitrogens with one attached hydrogen (secondary N) is 1. The highest BCUT2D eigenvalue weighted by Gasteiger charge is 2.03. The number of anilines is 1. The second-order valence-corrected chi connectivity index (χ2v) is 3.97. The van der Waals surface area contributed by atoms with Gasteiger partial charge in [0.1, 0.15) is 11.6 Å². The molecule has 0 aliphatic rings. The number of hydrogen-bond acceptors (Lipinski definition) is 4. The molecule has 1 aromatic heterocycles. The highest BCUT2D eigenvalue weighted by atomic mass is 16.5. The zero-order chi connectivity index (χ0) is 13.0. The Morgan fingerprint density at radius 1 is 1.17 bits per heavy atom. The lowest BCUT2D eigenvalue weighted by Gasteiger charge is -2.07. The van der Waals surface area contributed by atoms with E-state index in [9.17, 15) is 0 Å². The minimum atomic E-state index is 0.594. The minimum Gasteiger partial charge on any atom is -0.439 e. The molecule has 2 rings (SSSR count). The topological polar surface area (TPSA) is 47.0 Å². The molecule has 0 unspecified atom stereocenters. The summed E-state index contributed by atoms with van der Waals surface area (Å²) in [7, 11) is 1.89. The van der Waals surface area contributed by atoms with Crippen LogP contribution in [0.15, 0.2) is 30.3 Å². The molecule has 18 heavy (non-hydrogen) atoms. The van der Waals surface area contributed by atoms with Crippen molar-refractivity contribution in [1.82, 2.24) is 9.97 Å². The van der Waals surface area contributed by atoms with Crippen LogP contribution in [-0.4, -0.2) is 17.0 Å². The SMILES string of the molecule is CCc1cc(Oc2ccc(NC)cc2)nc(C)n1. The second kappa shape index (κ2) is 5.49. The van der Waals surface area contributed by atoms with E-state index >= 15 is 0 Å². The normalized spacial score (nSPS) is 10.2. The van der Waals surface area contributed by atoms with E-state index in [1.165, 1.54) is 0 Å². The maximum atomic E-state index is 5.72. The van der Waals surface area contributed by atoms with Crippen LogP contribution in [0.3, 0.4) is 0 Å². The van der Waals surface area contributed by atoms with Gasteiger partial charge in [-0.05, 0) is 37.6 Å². The van der Waals surface area contributed by atoms with Gasteiger partial charge in [-0.3, -0.25) is 0 Å². The monoisotopic (exact) mass is 243 g/mol. The average molecular weight is 243 g/mol. The van der Waals surface area contributed by atoms with Crippen LogP contribution in [0.5, 0.6) is 11.6 Å². The summed E-state index contributed by atoms with van der Waals surface area (Å²) in [6, 6.07) is 9.62. The van der Waals surface area contributed by atoms with Crippen LogP contribution in [0, 0.1) is 6.92 Å². The molecule has 1 aromatic carbocycles. The van der Waals surface area contributed by atoms with Gasteiger partial charge in [0, 0.05) is 24.5 Å². The van der Waals surface area contributed by atoms with Crippen LogP contribution in [0.1, 0.15) is 18.4 Å². The van der Waals surface area contributed by atoms with Crippen LogP contribution >= 0.6 is 0 Å². The van der Waals surface area contributed by atoms with Gasteiger partial charge in [-0.25, -0.2) is 4.98 Å². The van der Waals surface area contributed by atoms with Gasteiger partial charge >= 0.3 is 0 Å². The maximum Gasteiger partial charge on any atom is 0.222 e. The third-order valence-corrected chi connectivity index (χ3v) is 2.60. The van der Waals surface area contributed by atoms with Crippen molar-refractivity contribution in [2.45, 2.75) is 20.3 Å². The molecular weight excluding hydrogens is 226 g/mol. The smallest absolute Gasteiger partial charge is 0.222 e. The number of nitrogens with zero attached hydrogens (tertiary/aromatic N) is 2. The Balaban J connectivity index is 2.19. The maximum absolute atomic E-state index is 5.72. The highest BCUT2D eigenvalue weighted by molar-refractivity contribution is 5.46. The summed E-state index contributed by atoms with van der Waals surface area (Å²) >= 11 is 0. The van der Waals surface area contributed by atoms with Gasteiger partial charge < -0.3 is 10.1 Å². The third-order valence-electron chi connectivity index (χ3n) is 2.60. The lowest BCUT2D eigenvalue weighted by Crippen LogP contribution is -1.97. The van der Waals surface area contributed by atoms with E-state index in [1.54, 1.807) is 0 Å². The number of ether oxygens (including phenoxy) is 1. The first kappa shape index (κ1) is 12.4. The molecule has 0 aliphatic heterocycles. The molecule has 4 nitrogen and oxygen atoms in total.